The van der Waals surface area contributed by atoms with Crippen molar-refractivity contribution in [2.24, 2.45) is 4.99 Å². The van der Waals surface area contributed by atoms with E-state index in [1.807, 2.05) is 25.3 Å². The number of allylic oxidation sites excluding steroid dienone is 3. The molecule has 2 heteroatoms. The zero-order valence-corrected chi connectivity index (χ0v) is 6.85. The lowest BCUT2D eigenvalue weighted by Gasteiger charge is -1.84. The van der Waals surface area contributed by atoms with Crippen molar-refractivity contribution < 1.29 is 0 Å². The summed E-state index contributed by atoms with van der Waals surface area (Å²) in [4.78, 5) is 4.12. The first-order valence-corrected chi connectivity index (χ1v) is 3.61. The molecule has 1 nitrogen and oxygen atoms in total. The average molecular weight is 186 g/mol. The van der Waals surface area contributed by atoms with E-state index in [4.69, 9.17) is 0 Å². The summed E-state index contributed by atoms with van der Waals surface area (Å²) in [6, 6.07) is 0. The first kappa shape index (κ1) is 6.75. The Morgan fingerprint density at radius 1 is 1.56 bits per heavy atom. The minimum Gasteiger partial charge on any atom is -0.288 e. The molecule has 0 bridgehead atoms. The predicted octanol–water partition coefficient (Wildman–Crippen LogP) is 2.30. The molecule has 0 atom stereocenters. The molecule has 0 saturated heterocycles. The van der Waals surface area contributed by atoms with Gasteiger partial charge in [-0.3, -0.25) is 4.99 Å². The molecule has 0 aromatic rings. The van der Waals surface area contributed by atoms with E-state index in [9.17, 15) is 0 Å². The summed E-state index contributed by atoms with van der Waals surface area (Å²) >= 11 is 3.37. The summed E-state index contributed by atoms with van der Waals surface area (Å²) in [7, 11) is 0. The van der Waals surface area contributed by atoms with Crippen LogP contribution in [0.15, 0.2) is 27.2 Å². The molecule has 0 amide bonds. The van der Waals surface area contributed by atoms with Crippen molar-refractivity contribution in [3.8, 4) is 0 Å². The molecule has 1 aliphatic rings. The molecule has 1 aliphatic heterocycles. The van der Waals surface area contributed by atoms with Crippen molar-refractivity contribution in [3.05, 3.63) is 22.2 Å². The monoisotopic (exact) mass is 185 g/mol. The van der Waals surface area contributed by atoms with Crippen molar-refractivity contribution in [3.63, 3.8) is 0 Å². The minimum absolute atomic E-state index is 0.772. The van der Waals surface area contributed by atoms with E-state index < -0.39 is 0 Å². The van der Waals surface area contributed by atoms with Crippen LogP contribution in [0, 0.1) is 0 Å². The fourth-order valence-electron chi connectivity index (χ4n) is 0.594. The number of nitrogens with zero attached hydrogens (tertiary/aromatic N) is 1. The Labute approximate surface area is 63.3 Å². The Bertz CT molecular complexity index is 189. The van der Waals surface area contributed by atoms with Crippen LogP contribution in [0.2, 0.25) is 0 Å². The number of hydrogen-bond acceptors (Lipinski definition) is 1. The average Bonchev–Trinajstić information content (AvgIpc) is 1.97. The summed E-state index contributed by atoms with van der Waals surface area (Å²) in [6.45, 7) is 2.80. The Kier molecular flexibility index (Phi) is 2.22. The van der Waals surface area contributed by atoms with Gasteiger partial charge < -0.3 is 0 Å². The lowest BCUT2D eigenvalue weighted by atomic mass is 10.3. The molecule has 0 aromatic carbocycles. The van der Waals surface area contributed by atoms with Gasteiger partial charge in [-0.25, -0.2) is 0 Å². The third-order valence-corrected chi connectivity index (χ3v) is 1.58. The number of rotatable bonds is 0. The second-order valence-corrected chi connectivity index (χ2v) is 3.01. The lowest BCUT2D eigenvalue weighted by molar-refractivity contribution is 1.25. The molecule has 0 fully saturated rings. The molecule has 0 aliphatic carbocycles. The van der Waals surface area contributed by atoms with Crippen LogP contribution in [-0.2, 0) is 0 Å². The molecule has 0 N–H and O–H groups in total. The van der Waals surface area contributed by atoms with E-state index in [2.05, 4.69) is 20.9 Å². The van der Waals surface area contributed by atoms with Crippen molar-refractivity contribution in [2.45, 2.75) is 6.92 Å². The largest absolute Gasteiger partial charge is 0.288 e. The van der Waals surface area contributed by atoms with Crippen LogP contribution in [0.3, 0.4) is 0 Å². The molecule has 9 heavy (non-hydrogen) atoms. The van der Waals surface area contributed by atoms with E-state index in [0.29, 0.717) is 0 Å². The summed E-state index contributed by atoms with van der Waals surface area (Å²) in [5, 5.41) is 0. The van der Waals surface area contributed by atoms with Gasteiger partial charge in [0.15, 0.2) is 0 Å². The summed E-state index contributed by atoms with van der Waals surface area (Å²) in [5.74, 6) is 0. The predicted molar refractivity (Wildman–Crippen MR) is 44.1 cm³/mol. The molecule has 0 saturated carbocycles. The van der Waals surface area contributed by atoms with Gasteiger partial charge in [0.05, 0.1) is 6.54 Å². The molecular weight excluding hydrogens is 178 g/mol. The van der Waals surface area contributed by atoms with Gasteiger partial charge in [-0.1, -0.05) is 22.0 Å². The maximum atomic E-state index is 4.12. The van der Waals surface area contributed by atoms with Crippen molar-refractivity contribution in [2.75, 3.05) is 6.54 Å². The van der Waals surface area contributed by atoms with Crippen LogP contribution in [-0.4, -0.2) is 12.8 Å². The van der Waals surface area contributed by atoms with E-state index >= 15 is 0 Å². The molecule has 1 heterocycles. The summed E-state index contributed by atoms with van der Waals surface area (Å²) < 4.78 is 1.13. The van der Waals surface area contributed by atoms with Crippen LogP contribution in [0.5, 0.6) is 0 Å². The Hall–Kier alpha value is -0.370. The Balaban J connectivity index is 2.80. The van der Waals surface area contributed by atoms with Gasteiger partial charge in [0, 0.05) is 10.7 Å². The third kappa shape index (κ3) is 2.14. The second-order valence-electron chi connectivity index (χ2n) is 1.99. The van der Waals surface area contributed by atoms with Crippen LogP contribution in [0.1, 0.15) is 6.92 Å². The summed E-state index contributed by atoms with van der Waals surface area (Å²) in [5.41, 5.74) is 1.20. The van der Waals surface area contributed by atoms with E-state index in [1.54, 1.807) is 0 Å². The second kappa shape index (κ2) is 2.97. The number of aliphatic imine (C=N–C) groups is 1. The third-order valence-electron chi connectivity index (χ3n) is 1.06. The van der Waals surface area contributed by atoms with Crippen LogP contribution in [0.4, 0.5) is 0 Å². The highest BCUT2D eigenvalue weighted by Crippen LogP contribution is 2.08. The molecule has 0 radical (unpaired) electrons. The van der Waals surface area contributed by atoms with Gasteiger partial charge in [0.25, 0.3) is 0 Å². The molecule has 0 aromatic heterocycles. The topological polar surface area (TPSA) is 12.4 Å². The normalized spacial score (nSPS) is 18.4. The molecule has 0 unspecified atom stereocenters. The van der Waals surface area contributed by atoms with Crippen LogP contribution < -0.4 is 0 Å². The van der Waals surface area contributed by atoms with Gasteiger partial charge in [0.2, 0.25) is 0 Å². The van der Waals surface area contributed by atoms with Crippen LogP contribution in [0.25, 0.3) is 0 Å². The number of halogens is 1. The molecule has 0 spiro atoms. The van der Waals surface area contributed by atoms with Gasteiger partial charge in [-0.05, 0) is 18.6 Å². The van der Waals surface area contributed by atoms with Crippen molar-refractivity contribution in [1.82, 2.24) is 0 Å². The van der Waals surface area contributed by atoms with Crippen molar-refractivity contribution in [1.29, 1.82) is 0 Å². The Morgan fingerprint density at radius 2 is 2.33 bits per heavy atom. The highest BCUT2D eigenvalue weighted by Gasteiger charge is 1.90. The number of hydrogen-bond donors (Lipinski definition) is 0. The SMILES string of the molecule is CC1=CC=C(Br)CN=C1. The first-order chi connectivity index (χ1) is 4.29. The summed E-state index contributed by atoms with van der Waals surface area (Å²) in [6.07, 6.45) is 5.95. The molecular formula is C7H8BrN. The zero-order chi connectivity index (χ0) is 6.69. The fraction of sp³-hybridized carbons (Fsp3) is 0.286. The van der Waals surface area contributed by atoms with Gasteiger partial charge in [-0.15, -0.1) is 0 Å². The maximum absolute atomic E-state index is 4.12. The quantitative estimate of drug-likeness (QED) is 0.550. The highest BCUT2D eigenvalue weighted by molar-refractivity contribution is 9.11. The van der Waals surface area contributed by atoms with Gasteiger partial charge in [0.1, 0.15) is 0 Å². The minimum atomic E-state index is 0.772. The molecule has 1 rings (SSSR count). The van der Waals surface area contributed by atoms with E-state index in [1.165, 1.54) is 5.57 Å². The van der Waals surface area contributed by atoms with E-state index in [-0.39, 0.29) is 0 Å². The first-order valence-electron chi connectivity index (χ1n) is 2.82. The Morgan fingerprint density at radius 3 is 3.11 bits per heavy atom. The van der Waals surface area contributed by atoms with Crippen molar-refractivity contribution >= 4 is 22.1 Å². The standard InChI is InChI=1S/C7H8BrN/c1-6-2-3-7(8)5-9-4-6/h2-4H,5H2,1H3. The fourth-order valence-corrected chi connectivity index (χ4v) is 0.871. The smallest absolute Gasteiger partial charge is 0.0705 e. The lowest BCUT2D eigenvalue weighted by Crippen LogP contribution is -1.76. The van der Waals surface area contributed by atoms with Gasteiger partial charge >= 0.3 is 0 Å². The van der Waals surface area contributed by atoms with E-state index in [0.717, 1.165) is 11.0 Å². The maximum Gasteiger partial charge on any atom is 0.0705 e. The zero-order valence-electron chi connectivity index (χ0n) is 5.26. The molecule has 48 valence electrons. The van der Waals surface area contributed by atoms with Gasteiger partial charge in [-0.2, -0.15) is 0 Å². The van der Waals surface area contributed by atoms with Crippen LogP contribution >= 0.6 is 15.9 Å². The highest BCUT2D eigenvalue weighted by atomic mass is 79.9.